The normalized spacial score (nSPS) is 31.7. The van der Waals surface area contributed by atoms with E-state index in [0.29, 0.717) is 25.7 Å². The highest BCUT2D eigenvalue weighted by Crippen LogP contribution is 2.22. The molecule has 14 heavy (non-hydrogen) atoms. The molecule has 0 amide bonds. The van der Waals surface area contributed by atoms with Crippen molar-refractivity contribution in [3.8, 4) is 0 Å². The second-order valence-electron chi connectivity index (χ2n) is 3.57. The van der Waals surface area contributed by atoms with Crippen LogP contribution in [0.1, 0.15) is 12.8 Å². The summed E-state index contributed by atoms with van der Waals surface area (Å²) < 4.78 is 0. The van der Waals surface area contributed by atoms with E-state index in [-0.39, 0.29) is 5.92 Å². The summed E-state index contributed by atoms with van der Waals surface area (Å²) in [6.07, 6.45) is 1.26. The molecule has 1 aliphatic heterocycles. The molecule has 6 heteroatoms. The Kier molecular flexibility index (Phi) is 4.38. The highest BCUT2D eigenvalue weighted by atomic mass is 16.4. The van der Waals surface area contributed by atoms with Crippen molar-refractivity contribution < 1.29 is 20.0 Å². The van der Waals surface area contributed by atoms with Crippen molar-refractivity contribution in [1.29, 1.82) is 0 Å². The minimum absolute atomic E-state index is 0.243. The molecule has 1 rings (SSSR count). The summed E-state index contributed by atoms with van der Waals surface area (Å²) in [5.41, 5.74) is 0. The highest BCUT2D eigenvalue weighted by molar-refractivity contribution is 6.25. The average molecular weight is 200 g/mol. The third-order valence-corrected chi connectivity index (χ3v) is 2.61. The van der Waals surface area contributed by atoms with E-state index in [2.05, 4.69) is 5.32 Å². The maximum absolute atomic E-state index is 10.8. The molecule has 3 atom stereocenters. The van der Waals surface area contributed by atoms with Crippen molar-refractivity contribution in [3.63, 3.8) is 0 Å². The van der Waals surface area contributed by atoms with E-state index in [0.717, 1.165) is 7.48 Å². The van der Waals surface area contributed by atoms with Gasteiger partial charge in [-0.2, -0.15) is 0 Å². The van der Waals surface area contributed by atoms with Crippen LogP contribution in [0.5, 0.6) is 0 Å². The van der Waals surface area contributed by atoms with E-state index in [9.17, 15) is 9.90 Å². The largest absolute Gasteiger partial charge is 0.480 e. The van der Waals surface area contributed by atoms with E-state index in [4.69, 9.17) is 10.1 Å². The Labute approximate surface area is 83.4 Å². The number of aliphatic hydroxyl groups is 1. The Hall–Kier alpha value is -0.585. The molecule has 4 N–H and O–H groups in total. The summed E-state index contributed by atoms with van der Waals surface area (Å²) in [6.45, 7) is 0.338. The lowest BCUT2D eigenvalue weighted by molar-refractivity contribution is -0.140. The summed E-state index contributed by atoms with van der Waals surface area (Å²) >= 11 is 0. The number of carbonyl (C=O) groups is 1. The number of carboxylic acid groups (broad SMARTS) is 1. The zero-order valence-electron chi connectivity index (χ0n) is 7.89. The number of nitrogens with one attached hydrogen (secondary N) is 1. The Balaban J connectivity index is 2.41. The summed E-state index contributed by atoms with van der Waals surface area (Å²) in [5.74, 6) is -1.16. The predicted octanol–water partition coefficient (Wildman–Crippen LogP) is -1.17. The third-order valence-electron chi connectivity index (χ3n) is 2.61. The summed E-state index contributed by atoms with van der Waals surface area (Å²) in [7, 11) is 1.06. The molecule has 0 aromatic carbocycles. The van der Waals surface area contributed by atoms with Crippen LogP contribution in [0.2, 0.25) is 6.32 Å². The molecule has 0 saturated carbocycles. The van der Waals surface area contributed by atoms with Gasteiger partial charge in [0.15, 0.2) is 0 Å². The molecule has 0 aromatic rings. The van der Waals surface area contributed by atoms with Crippen molar-refractivity contribution in [2.75, 3.05) is 6.54 Å². The first-order chi connectivity index (χ1) is 6.66. The first-order valence-electron chi connectivity index (χ1n) is 4.77. The lowest BCUT2D eigenvalue weighted by atomic mass is 9.86. The molecule has 0 unspecified atom stereocenters. The second kappa shape index (κ2) is 5.33. The minimum Gasteiger partial charge on any atom is -0.480 e. The van der Waals surface area contributed by atoms with Crippen LogP contribution in [0.3, 0.4) is 0 Å². The van der Waals surface area contributed by atoms with Gasteiger partial charge in [0.05, 0.1) is 6.10 Å². The highest BCUT2D eigenvalue weighted by Gasteiger charge is 2.38. The van der Waals surface area contributed by atoms with Crippen LogP contribution in [0.4, 0.5) is 0 Å². The fourth-order valence-electron chi connectivity index (χ4n) is 1.85. The minimum atomic E-state index is -0.917. The molecule has 1 heterocycles. The molecule has 79 valence electrons. The van der Waals surface area contributed by atoms with Gasteiger partial charge in [-0.1, -0.05) is 12.7 Å². The van der Waals surface area contributed by atoms with Gasteiger partial charge in [0.1, 0.15) is 6.04 Å². The average Bonchev–Trinajstić information content (AvgIpc) is 2.48. The number of aliphatic hydroxyl groups excluding tert-OH is 1. The molecule has 5 nitrogen and oxygen atoms in total. The first-order valence-corrected chi connectivity index (χ1v) is 4.77. The topological polar surface area (TPSA) is 89.8 Å². The maximum Gasteiger partial charge on any atom is 0.321 e. The van der Waals surface area contributed by atoms with Gasteiger partial charge < -0.3 is 20.6 Å². The molecule has 1 aliphatic rings. The Bertz CT molecular complexity index is 202. The van der Waals surface area contributed by atoms with Crippen molar-refractivity contribution >= 4 is 13.5 Å². The SMILES string of the molecule is O=C(O)[C@H]1NC[C@H](O)[C@H]1CCC[B]O. The van der Waals surface area contributed by atoms with Crippen molar-refractivity contribution in [1.82, 2.24) is 5.32 Å². The van der Waals surface area contributed by atoms with Gasteiger partial charge in [-0.25, -0.2) is 0 Å². The lowest BCUT2D eigenvalue weighted by Crippen LogP contribution is -2.36. The standard InChI is InChI=1S/C8H15BNO4/c11-6-4-10-7(8(12)13)5(6)2-1-3-9-14/h5-7,10-11,14H,1-4H2,(H,12,13)/t5-,6+,7+/m1/s1. The Morgan fingerprint density at radius 3 is 2.86 bits per heavy atom. The maximum atomic E-state index is 10.8. The molecule has 1 fully saturated rings. The van der Waals surface area contributed by atoms with E-state index in [1.54, 1.807) is 0 Å². The number of β-amino-alcohol motifs (C(OH)–C–C–N with tert-alkyl or cyclic N) is 1. The monoisotopic (exact) mass is 200 g/mol. The zero-order valence-corrected chi connectivity index (χ0v) is 7.89. The number of aliphatic carboxylic acids is 1. The second-order valence-corrected chi connectivity index (χ2v) is 3.57. The molecule has 0 aromatic heterocycles. The smallest absolute Gasteiger partial charge is 0.321 e. The third kappa shape index (κ3) is 2.70. The summed E-state index contributed by atoms with van der Waals surface area (Å²) in [6, 6.07) is -0.649. The van der Waals surface area contributed by atoms with Crippen molar-refractivity contribution in [2.45, 2.75) is 31.3 Å². The number of rotatable bonds is 5. The van der Waals surface area contributed by atoms with Gasteiger partial charge in [-0.3, -0.25) is 4.79 Å². The summed E-state index contributed by atoms with van der Waals surface area (Å²) in [5, 5.41) is 29.6. The molecule has 0 aliphatic carbocycles. The van der Waals surface area contributed by atoms with Gasteiger partial charge in [0, 0.05) is 12.5 Å². The fourth-order valence-corrected chi connectivity index (χ4v) is 1.85. The van der Waals surface area contributed by atoms with Gasteiger partial charge in [0.25, 0.3) is 7.48 Å². The Morgan fingerprint density at radius 1 is 1.57 bits per heavy atom. The Morgan fingerprint density at radius 2 is 2.29 bits per heavy atom. The van der Waals surface area contributed by atoms with Crippen LogP contribution in [-0.4, -0.2) is 47.4 Å². The number of hydrogen-bond donors (Lipinski definition) is 4. The van der Waals surface area contributed by atoms with Gasteiger partial charge >= 0.3 is 5.97 Å². The van der Waals surface area contributed by atoms with Crippen LogP contribution in [0.25, 0.3) is 0 Å². The van der Waals surface area contributed by atoms with E-state index in [1.165, 1.54) is 0 Å². The number of hydrogen-bond acceptors (Lipinski definition) is 4. The summed E-state index contributed by atoms with van der Waals surface area (Å²) in [4.78, 5) is 10.8. The van der Waals surface area contributed by atoms with Gasteiger partial charge in [-0.05, 0) is 6.42 Å². The number of carboxylic acids is 1. The van der Waals surface area contributed by atoms with Crippen molar-refractivity contribution in [3.05, 3.63) is 0 Å². The van der Waals surface area contributed by atoms with Crippen LogP contribution in [-0.2, 0) is 4.79 Å². The van der Waals surface area contributed by atoms with Gasteiger partial charge in [0.2, 0.25) is 0 Å². The van der Waals surface area contributed by atoms with Crippen LogP contribution in [0.15, 0.2) is 0 Å². The van der Waals surface area contributed by atoms with Crippen LogP contribution in [0, 0.1) is 5.92 Å². The molecule has 1 radical (unpaired) electrons. The van der Waals surface area contributed by atoms with E-state index < -0.39 is 18.1 Å². The van der Waals surface area contributed by atoms with Gasteiger partial charge in [-0.15, -0.1) is 0 Å². The molecule has 0 spiro atoms. The molecule has 1 saturated heterocycles. The van der Waals surface area contributed by atoms with E-state index in [1.807, 2.05) is 0 Å². The van der Waals surface area contributed by atoms with Crippen LogP contribution < -0.4 is 5.32 Å². The molecular formula is C8H15BNO4. The van der Waals surface area contributed by atoms with Crippen molar-refractivity contribution in [2.24, 2.45) is 5.92 Å². The fraction of sp³-hybridized carbons (Fsp3) is 0.875. The van der Waals surface area contributed by atoms with Crippen LogP contribution >= 0.6 is 0 Å². The quantitative estimate of drug-likeness (QED) is 0.331. The zero-order chi connectivity index (χ0) is 10.6. The molecular weight excluding hydrogens is 185 g/mol. The molecule has 0 bridgehead atoms. The van der Waals surface area contributed by atoms with E-state index >= 15 is 0 Å². The first kappa shape index (κ1) is 11.5. The predicted molar refractivity (Wildman–Crippen MR) is 50.9 cm³/mol. The lowest BCUT2D eigenvalue weighted by Gasteiger charge is -2.17.